The molecule has 0 heterocycles. The minimum atomic E-state index is -2.91. The molecule has 136 valence electrons. The molecule has 8 heteroatoms. The van der Waals surface area contributed by atoms with Gasteiger partial charge in [0.15, 0.2) is 17.5 Å². The van der Waals surface area contributed by atoms with Gasteiger partial charge in [-0.05, 0) is 26.2 Å². The smallest absolute Gasteiger partial charge is 0.387 e. The summed E-state index contributed by atoms with van der Waals surface area (Å²) < 4.78 is 35.4. The second-order valence-electron chi connectivity index (χ2n) is 4.67. The van der Waals surface area contributed by atoms with Crippen molar-refractivity contribution in [2.45, 2.75) is 27.0 Å². The molecule has 0 amide bonds. The van der Waals surface area contributed by atoms with E-state index in [1.54, 1.807) is 36.9 Å². The lowest BCUT2D eigenvalue weighted by Crippen LogP contribution is -2.38. The predicted molar refractivity (Wildman–Crippen MR) is 95.4 cm³/mol. The van der Waals surface area contributed by atoms with Crippen LogP contribution in [0.4, 0.5) is 8.78 Å². The molecule has 0 aliphatic carbocycles. The van der Waals surface area contributed by atoms with Gasteiger partial charge in [0.2, 0.25) is 0 Å². The van der Waals surface area contributed by atoms with E-state index in [1.165, 1.54) is 0 Å². The summed E-state index contributed by atoms with van der Waals surface area (Å²) >= 11 is 1.73. The zero-order valence-corrected chi connectivity index (χ0v) is 15.1. The fourth-order valence-electron chi connectivity index (χ4n) is 1.96. The Labute approximate surface area is 146 Å². The average Bonchev–Trinajstić information content (AvgIpc) is 2.55. The summed E-state index contributed by atoms with van der Waals surface area (Å²) in [5, 5.41) is 6.31. The molecule has 0 fully saturated rings. The van der Waals surface area contributed by atoms with Gasteiger partial charge in [-0.25, -0.2) is 4.99 Å². The summed E-state index contributed by atoms with van der Waals surface area (Å²) in [4.78, 5) is 4.43. The van der Waals surface area contributed by atoms with Crippen LogP contribution in [-0.2, 0) is 6.54 Å². The highest BCUT2D eigenvalue weighted by atomic mass is 32.2. The van der Waals surface area contributed by atoms with Crippen LogP contribution >= 0.6 is 11.8 Å². The molecule has 24 heavy (non-hydrogen) atoms. The largest absolute Gasteiger partial charge is 0.490 e. The number of hydrogen-bond acceptors (Lipinski definition) is 4. The Hall–Kier alpha value is -1.70. The molecular formula is C16H25F2N3O2S. The summed E-state index contributed by atoms with van der Waals surface area (Å²) in [5.74, 6) is 1.92. The lowest BCUT2D eigenvalue weighted by molar-refractivity contribution is -0.0520. The molecule has 2 N–H and O–H groups in total. The molecule has 0 bridgehead atoms. The molecule has 0 spiro atoms. The topological polar surface area (TPSA) is 54.9 Å². The summed E-state index contributed by atoms with van der Waals surface area (Å²) in [5.41, 5.74) is 0.545. The molecule has 0 radical (unpaired) electrons. The third kappa shape index (κ3) is 7.25. The number of rotatable bonds is 10. The zero-order valence-electron chi connectivity index (χ0n) is 14.3. The van der Waals surface area contributed by atoms with E-state index in [9.17, 15) is 8.78 Å². The number of hydrogen-bond donors (Lipinski definition) is 2. The van der Waals surface area contributed by atoms with Gasteiger partial charge in [-0.3, -0.25) is 0 Å². The monoisotopic (exact) mass is 361 g/mol. The Morgan fingerprint density at radius 1 is 1.29 bits per heavy atom. The van der Waals surface area contributed by atoms with Gasteiger partial charge < -0.3 is 20.1 Å². The van der Waals surface area contributed by atoms with Gasteiger partial charge in [-0.1, -0.05) is 12.1 Å². The van der Waals surface area contributed by atoms with Gasteiger partial charge in [0.25, 0.3) is 0 Å². The third-order valence-electron chi connectivity index (χ3n) is 2.92. The van der Waals surface area contributed by atoms with Gasteiger partial charge in [0.05, 0.1) is 13.2 Å². The van der Waals surface area contributed by atoms with Crippen LogP contribution in [0.15, 0.2) is 23.2 Å². The van der Waals surface area contributed by atoms with Crippen LogP contribution in [0.2, 0.25) is 0 Å². The number of alkyl halides is 2. The second kappa shape index (κ2) is 11.8. The summed E-state index contributed by atoms with van der Waals surface area (Å²) in [7, 11) is 0. The maximum Gasteiger partial charge on any atom is 0.387 e. The molecule has 0 saturated heterocycles. The number of thioether (sulfide) groups is 1. The van der Waals surface area contributed by atoms with E-state index < -0.39 is 6.61 Å². The van der Waals surface area contributed by atoms with E-state index in [-0.39, 0.29) is 12.3 Å². The summed E-state index contributed by atoms with van der Waals surface area (Å²) in [6, 6.07) is 5.05. The average molecular weight is 361 g/mol. The molecule has 5 nitrogen and oxygen atoms in total. The standard InChI is InChI=1S/C16H25F2N3O2S/c1-4-19-16(20-9-10-24-3)21-11-12-7-6-8-13(22-5-2)14(12)23-15(17)18/h6-8,15H,4-5,9-11H2,1-3H3,(H2,19,20,21). The zero-order chi connectivity index (χ0) is 17.8. The van der Waals surface area contributed by atoms with E-state index in [0.717, 1.165) is 12.3 Å². The van der Waals surface area contributed by atoms with Crippen LogP contribution in [0.1, 0.15) is 19.4 Å². The van der Waals surface area contributed by atoms with Gasteiger partial charge >= 0.3 is 6.61 Å². The van der Waals surface area contributed by atoms with Gasteiger partial charge in [0.1, 0.15) is 0 Å². The van der Waals surface area contributed by atoms with Gasteiger partial charge in [-0.15, -0.1) is 0 Å². The van der Waals surface area contributed by atoms with Crippen molar-refractivity contribution in [3.63, 3.8) is 0 Å². The van der Waals surface area contributed by atoms with E-state index in [4.69, 9.17) is 4.74 Å². The third-order valence-corrected chi connectivity index (χ3v) is 3.53. The van der Waals surface area contributed by atoms with Gasteiger partial charge in [-0.2, -0.15) is 20.5 Å². The minimum absolute atomic E-state index is 0.0399. The second-order valence-corrected chi connectivity index (χ2v) is 5.66. The quantitative estimate of drug-likeness (QED) is 0.381. The lowest BCUT2D eigenvalue weighted by atomic mass is 10.2. The molecule has 1 aromatic rings. The molecule has 0 aliphatic rings. The van der Waals surface area contributed by atoms with Crippen molar-refractivity contribution in [2.24, 2.45) is 4.99 Å². The highest BCUT2D eigenvalue weighted by Crippen LogP contribution is 2.33. The van der Waals surface area contributed by atoms with Crippen LogP contribution in [-0.4, -0.2) is 44.3 Å². The number of nitrogens with one attached hydrogen (secondary N) is 2. The normalized spacial score (nSPS) is 11.5. The number of guanidine groups is 1. The van der Waals surface area contributed by atoms with Crippen LogP contribution in [0.25, 0.3) is 0 Å². The maximum absolute atomic E-state index is 12.7. The molecular weight excluding hydrogens is 336 g/mol. The first kappa shape index (κ1) is 20.3. The van der Waals surface area contributed by atoms with Crippen molar-refractivity contribution < 1.29 is 18.3 Å². The first-order valence-corrected chi connectivity index (χ1v) is 9.22. The highest BCUT2D eigenvalue weighted by Gasteiger charge is 2.15. The molecule has 0 unspecified atom stereocenters. The van der Waals surface area contributed by atoms with Crippen LogP contribution in [0.5, 0.6) is 11.5 Å². The van der Waals surface area contributed by atoms with Crippen molar-refractivity contribution in [1.82, 2.24) is 10.6 Å². The van der Waals surface area contributed by atoms with E-state index in [1.807, 2.05) is 13.2 Å². The fourth-order valence-corrected chi connectivity index (χ4v) is 2.26. The summed E-state index contributed by atoms with van der Waals surface area (Å²) in [6.45, 7) is 2.89. The Balaban J connectivity index is 2.93. The fraction of sp³-hybridized carbons (Fsp3) is 0.562. The maximum atomic E-state index is 12.7. The Bertz CT molecular complexity index is 516. The highest BCUT2D eigenvalue weighted by molar-refractivity contribution is 7.98. The number of aliphatic imine (C=N–C) groups is 1. The molecule has 0 saturated carbocycles. The van der Waals surface area contributed by atoms with E-state index in [2.05, 4.69) is 20.4 Å². The van der Waals surface area contributed by atoms with Crippen molar-refractivity contribution in [3.05, 3.63) is 23.8 Å². The Morgan fingerprint density at radius 2 is 2.08 bits per heavy atom. The van der Waals surface area contributed by atoms with Crippen molar-refractivity contribution in [2.75, 3.05) is 31.7 Å². The number of para-hydroxylation sites is 1. The lowest BCUT2D eigenvalue weighted by Gasteiger charge is -2.15. The van der Waals surface area contributed by atoms with Crippen LogP contribution < -0.4 is 20.1 Å². The Morgan fingerprint density at radius 3 is 2.71 bits per heavy atom. The molecule has 0 atom stereocenters. The molecule has 1 rings (SSSR count). The molecule has 0 aliphatic heterocycles. The SMILES string of the molecule is CCNC(=NCc1cccc(OCC)c1OC(F)F)NCCSC. The number of ether oxygens (including phenoxy) is 2. The first-order chi connectivity index (χ1) is 11.6. The first-order valence-electron chi connectivity index (χ1n) is 7.82. The minimum Gasteiger partial charge on any atom is -0.490 e. The van der Waals surface area contributed by atoms with Gasteiger partial charge in [0, 0.05) is 24.4 Å². The summed E-state index contributed by atoms with van der Waals surface area (Å²) in [6.07, 6.45) is 2.03. The number of benzene rings is 1. The van der Waals surface area contributed by atoms with Crippen molar-refractivity contribution in [1.29, 1.82) is 0 Å². The van der Waals surface area contributed by atoms with Crippen LogP contribution in [0.3, 0.4) is 0 Å². The van der Waals surface area contributed by atoms with Crippen molar-refractivity contribution >= 4 is 17.7 Å². The predicted octanol–water partition coefficient (Wildman–Crippen LogP) is 3.10. The van der Waals surface area contributed by atoms with Crippen LogP contribution in [0, 0.1) is 0 Å². The number of halogens is 2. The Kier molecular flexibility index (Phi) is 9.98. The molecule has 0 aromatic heterocycles. The van der Waals surface area contributed by atoms with E-state index >= 15 is 0 Å². The van der Waals surface area contributed by atoms with Crippen molar-refractivity contribution in [3.8, 4) is 11.5 Å². The molecule has 1 aromatic carbocycles. The number of nitrogens with zero attached hydrogens (tertiary/aromatic N) is 1. The van der Waals surface area contributed by atoms with E-state index in [0.29, 0.717) is 30.4 Å².